The molecule has 0 saturated carbocycles. The van der Waals surface area contributed by atoms with E-state index in [2.05, 4.69) is 10.6 Å². The highest BCUT2D eigenvalue weighted by Crippen LogP contribution is 2.45. The molecule has 40 heavy (non-hydrogen) atoms. The van der Waals surface area contributed by atoms with E-state index in [1.54, 1.807) is 19.9 Å². The molecular weight excluding hydrogens is 516 g/mol. The number of amides is 2. The average Bonchev–Trinajstić information content (AvgIpc) is 3.69. The molecule has 7 atom stereocenters. The van der Waals surface area contributed by atoms with E-state index in [-0.39, 0.29) is 43.4 Å². The maximum atomic E-state index is 13.4. The molecule has 0 aromatic heterocycles. The standard InChI is InChI=1S/C30H42N2O8/c1-17(2)15-22-28(36)38-21(18(3)25-26(40-25)20-11-8-7-9-12-20)13-10-14-23(34)32-24(19(4)33)27(35)31-16-30(5,6)29(37)39-22/h7-12,14,17-19,21-22,24-26,33H,13,15-16H2,1-6H3,(H,31,35)(H,32,34)/b14-10+/t18-,19-,21-,22-,24+,25+,26+/m0/s1. The summed E-state index contributed by atoms with van der Waals surface area (Å²) < 4.78 is 17.6. The van der Waals surface area contributed by atoms with E-state index >= 15 is 0 Å². The summed E-state index contributed by atoms with van der Waals surface area (Å²) in [7, 11) is 0. The van der Waals surface area contributed by atoms with Gasteiger partial charge in [0.15, 0.2) is 6.10 Å². The molecule has 220 valence electrons. The minimum Gasteiger partial charge on any atom is -0.459 e. The number of carbonyl (C=O) groups is 4. The van der Waals surface area contributed by atoms with Crippen LogP contribution >= 0.6 is 0 Å². The maximum absolute atomic E-state index is 13.4. The van der Waals surface area contributed by atoms with Gasteiger partial charge >= 0.3 is 11.9 Å². The van der Waals surface area contributed by atoms with Crippen LogP contribution < -0.4 is 10.6 Å². The van der Waals surface area contributed by atoms with Crippen LogP contribution in [-0.2, 0) is 33.4 Å². The van der Waals surface area contributed by atoms with Crippen molar-refractivity contribution in [1.82, 2.24) is 10.6 Å². The van der Waals surface area contributed by atoms with Crippen molar-refractivity contribution < 1.29 is 38.5 Å². The topological polar surface area (TPSA) is 144 Å². The lowest BCUT2D eigenvalue weighted by Crippen LogP contribution is -2.54. The van der Waals surface area contributed by atoms with Crippen molar-refractivity contribution in [2.75, 3.05) is 6.54 Å². The summed E-state index contributed by atoms with van der Waals surface area (Å²) in [6, 6.07) is 8.50. The molecule has 1 aromatic carbocycles. The number of cyclic esters (lactones) is 2. The molecule has 2 aliphatic rings. The zero-order valence-electron chi connectivity index (χ0n) is 24.1. The molecule has 2 aliphatic heterocycles. The van der Waals surface area contributed by atoms with E-state index in [0.29, 0.717) is 0 Å². The molecule has 1 fully saturated rings. The maximum Gasteiger partial charge on any atom is 0.347 e. The summed E-state index contributed by atoms with van der Waals surface area (Å²) >= 11 is 0. The third-order valence-corrected chi connectivity index (χ3v) is 7.18. The number of esters is 2. The van der Waals surface area contributed by atoms with Crippen molar-refractivity contribution in [3.8, 4) is 0 Å². The SMILES string of the molecule is CC(C)C[C@@H]1OC(=O)C(C)(C)CNC(=O)[C@@H]([C@H](C)O)NC(=O)/C=C/C[C@@H]([C@H](C)[C@H]2O[C@@H]2c2ccccc2)OC1=O. The van der Waals surface area contributed by atoms with Crippen LogP contribution in [0.1, 0.15) is 66.1 Å². The monoisotopic (exact) mass is 558 g/mol. The van der Waals surface area contributed by atoms with Gasteiger partial charge in [-0.3, -0.25) is 14.4 Å². The fourth-order valence-electron chi connectivity index (χ4n) is 4.56. The Morgan fingerprint density at radius 3 is 2.33 bits per heavy atom. The second-order valence-corrected chi connectivity index (χ2v) is 11.8. The first-order chi connectivity index (χ1) is 18.8. The predicted octanol–water partition coefficient (Wildman–Crippen LogP) is 2.60. The summed E-state index contributed by atoms with van der Waals surface area (Å²) in [5.74, 6) is -2.81. The van der Waals surface area contributed by atoms with E-state index in [1.807, 2.05) is 51.1 Å². The van der Waals surface area contributed by atoms with Gasteiger partial charge in [0.05, 0.1) is 17.6 Å². The summed E-state index contributed by atoms with van der Waals surface area (Å²) in [4.78, 5) is 51.9. The van der Waals surface area contributed by atoms with Crippen LogP contribution in [0.3, 0.4) is 0 Å². The van der Waals surface area contributed by atoms with E-state index in [4.69, 9.17) is 14.2 Å². The van der Waals surface area contributed by atoms with Gasteiger partial charge in [-0.05, 0) is 44.7 Å². The number of aliphatic hydroxyl groups is 1. The Morgan fingerprint density at radius 2 is 1.70 bits per heavy atom. The van der Waals surface area contributed by atoms with Crippen molar-refractivity contribution in [3.63, 3.8) is 0 Å². The van der Waals surface area contributed by atoms with Crippen LogP contribution in [0.15, 0.2) is 42.5 Å². The minimum absolute atomic E-state index is 0.0271. The Bertz CT molecular complexity index is 1080. The number of hydrogen-bond donors (Lipinski definition) is 3. The molecular formula is C30H42N2O8. The normalized spacial score (nSPS) is 30.4. The van der Waals surface area contributed by atoms with Crippen molar-refractivity contribution in [1.29, 1.82) is 0 Å². The number of nitrogens with one attached hydrogen (secondary N) is 2. The highest BCUT2D eigenvalue weighted by atomic mass is 16.6. The number of carbonyl (C=O) groups excluding carboxylic acids is 4. The number of aliphatic hydroxyl groups excluding tert-OH is 1. The first-order valence-electron chi connectivity index (χ1n) is 13.8. The third kappa shape index (κ3) is 8.38. The van der Waals surface area contributed by atoms with E-state index in [9.17, 15) is 24.3 Å². The Kier molecular flexibility index (Phi) is 10.5. The molecule has 3 rings (SSSR count). The molecule has 2 amide bonds. The van der Waals surface area contributed by atoms with Crippen LogP contribution in [0.25, 0.3) is 0 Å². The van der Waals surface area contributed by atoms with E-state index in [1.165, 1.54) is 13.0 Å². The summed E-state index contributed by atoms with van der Waals surface area (Å²) in [6.07, 6.45) is -0.117. The lowest BCUT2D eigenvalue weighted by Gasteiger charge is -2.29. The molecule has 0 aliphatic carbocycles. The van der Waals surface area contributed by atoms with Gasteiger partial charge in [-0.2, -0.15) is 0 Å². The molecule has 2 heterocycles. The molecule has 0 radical (unpaired) electrons. The van der Waals surface area contributed by atoms with E-state index < -0.39 is 53.5 Å². The van der Waals surface area contributed by atoms with Crippen molar-refractivity contribution in [2.24, 2.45) is 17.3 Å². The molecule has 1 saturated heterocycles. The van der Waals surface area contributed by atoms with E-state index in [0.717, 1.165) is 5.56 Å². The van der Waals surface area contributed by atoms with Crippen LogP contribution in [0.2, 0.25) is 0 Å². The first kappa shape index (κ1) is 31.3. The second kappa shape index (κ2) is 13.4. The summed E-state index contributed by atoms with van der Waals surface area (Å²) in [5, 5.41) is 15.2. The van der Waals surface area contributed by atoms with Gasteiger partial charge in [-0.1, -0.05) is 57.2 Å². The van der Waals surface area contributed by atoms with Gasteiger partial charge in [0.2, 0.25) is 11.8 Å². The van der Waals surface area contributed by atoms with Crippen molar-refractivity contribution in [2.45, 2.75) is 90.9 Å². The lowest BCUT2D eigenvalue weighted by atomic mass is 9.92. The Hall–Kier alpha value is -3.24. The Morgan fingerprint density at radius 1 is 1.02 bits per heavy atom. The third-order valence-electron chi connectivity index (χ3n) is 7.18. The molecule has 0 spiro atoms. The Balaban J connectivity index is 1.89. The molecule has 0 unspecified atom stereocenters. The van der Waals surface area contributed by atoms with Gasteiger partial charge in [0.25, 0.3) is 0 Å². The Labute approximate surface area is 235 Å². The first-order valence-corrected chi connectivity index (χ1v) is 13.8. The van der Waals surface area contributed by atoms with Crippen LogP contribution in [-0.4, -0.2) is 65.9 Å². The van der Waals surface area contributed by atoms with Crippen molar-refractivity contribution >= 4 is 23.8 Å². The molecule has 10 heteroatoms. The van der Waals surface area contributed by atoms with Crippen molar-refractivity contribution in [3.05, 3.63) is 48.0 Å². The molecule has 10 nitrogen and oxygen atoms in total. The fraction of sp³-hybridized carbons (Fsp3) is 0.600. The predicted molar refractivity (Wildman–Crippen MR) is 147 cm³/mol. The van der Waals surface area contributed by atoms with Gasteiger partial charge in [-0.25, -0.2) is 4.79 Å². The largest absolute Gasteiger partial charge is 0.459 e. The lowest BCUT2D eigenvalue weighted by molar-refractivity contribution is -0.179. The average molecular weight is 559 g/mol. The van der Waals surface area contributed by atoms with Gasteiger partial charge in [0.1, 0.15) is 18.2 Å². The number of epoxide rings is 1. The summed E-state index contributed by atoms with van der Waals surface area (Å²) in [5.41, 5.74) is -0.183. The molecule has 1 aromatic rings. The van der Waals surface area contributed by atoms with Crippen LogP contribution in [0, 0.1) is 17.3 Å². The second-order valence-electron chi connectivity index (χ2n) is 11.8. The quantitative estimate of drug-likeness (QED) is 0.357. The van der Waals surface area contributed by atoms with Gasteiger partial charge in [0, 0.05) is 18.9 Å². The van der Waals surface area contributed by atoms with Gasteiger partial charge < -0.3 is 30.0 Å². The van der Waals surface area contributed by atoms with Gasteiger partial charge in [-0.15, -0.1) is 0 Å². The fourth-order valence-corrected chi connectivity index (χ4v) is 4.56. The number of benzene rings is 1. The number of rotatable bonds is 6. The minimum atomic E-state index is -1.23. The smallest absolute Gasteiger partial charge is 0.347 e. The highest BCUT2D eigenvalue weighted by Gasteiger charge is 2.48. The number of hydrogen-bond acceptors (Lipinski definition) is 8. The van der Waals surface area contributed by atoms with Crippen LogP contribution in [0.4, 0.5) is 0 Å². The summed E-state index contributed by atoms with van der Waals surface area (Å²) in [6.45, 7) is 10.1. The molecule has 3 N–H and O–H groups in total. The molecule has 0 bridgehead atoms. The number of ether oxygens (including phenoxy) is 3. The zero-order chi connectivity index (χ0) is 29.6. The zero-order valence-corrected chi connectivity index (χ0v) is 24.1. The highest BCUT2D eigenvalue weighted by molar-refractivity contribution is 5.93. The van der Waals surface area contributed by atoms with Crippen LogP contribution in [0.5, 0.6) is 0 Å².